The molecule has 0 unspecified atom stereocenters. The van der Waals surface area contributed by atoms with Crippen LogP contribution in [0.5, 0.6) is 0 Å². The normalized spacial score (nSPS) is 17.8. The molecule has 1 aliphatic heterocycles. The molecule has 108 valence electrons. The van der Waals surface area contributed by atoms with Crippen LogP contribution in [0.1, 0.15) is 37.4 Å². The first-order valence-corrected chi connectivity index (χ1v) is 6.62. The van der Waals surface area contributed by atoms with E-state index in [4.69, 9.17) is 4.52 Å². The van der Waals surface area contributed by atoms with Crippen LogP contribution in [0.15, 0.2) is 4.52 Å². The molecule has 4 nitrogen and oxygen atoms in total. The molecule has 0 atom stereocenters. The lowest BCUT2D eigenvalue weighted by Crippen LogP contribution is -2.27. The molecule has 0 aliphatic carbocycles. The highest BCUT2D eigenvalue weighted by atomic mass is 19.4. The third kappa shape index (κ3) is 5.18. The second-order valence-corrected chi connectivity index (χ2v) is 4.95. The number of nitrogens with zero attached hydrogens (tertiary/aromatic N) is 2. The Morgan fingerprint density at radius 1 is 1.21 bits per heavy atom. The molecule has 1 aliphatic rings. The number of rotatable bonds is 5. The van der Waals surface area contributed by atoms with E-state index in [1.54, 1.807) is 0 Å². The molecule has 7 heteroatoms. The minimum atomic E-state index is -4.17. The second kappa shape index (κ2) is 6.36. The fraction of sp³-hybridized carbons (Fsp3) is 0.833. The minimum Gasteiger partial charge on any atom is -0.339 e. The van der Waals surface area contributed by atoms with E-state index >= 15 is 0 Å². The zero-order valence-corrected chi connectivity index (χ0v) is 10.7. The Morgan fingerprint density at radius 3 is 2.63 bits per heavy atom. The van der Waals surface area contributed by atoms with Crippen LogP contribution >= 0.6 is 0 Å². The summed E-state index contributed by atoms with van der Waals surface area (Å²) >= 11 is 0. The Morgan fingerprint density at radius 2 is 1.95 bits per heavy atom. The van der Waals surface area contributed by atoms with Crippen LogP contribution in [0, 0.1) is 5.92 Å². The lowest BCUT2D eigenvalue weighted by molar-refractivity contribution is -0.134. The van der Waals surface area contributed by atoms with Crippen LogP contribution < -0.4 is 5.32 Å². The Labute approximate surface area is 109 Å². The van der Waals surface area contributed by atoms with E-state index in [1.807, 2.05) is 0 Å². The van der Waals surface area contributed by atoms with Crippen LogP contribution in [-0.2, 0) is 12.8 Å². The third-order valence-corrected chi connectivity index (χ3v) is 3.37. The van der Waals surface area contributed by atoms with Gasteiger partial charge in [-0.3, -0.25) is 0 Å². The molecule has 2 heterocycles. The molecular weight excluding hydrogens is 259 g/mol. The van der Waals surface area contributed by atoms with Crippen molar-refractivity contribution in [1.29, 1.82) is 0 Å². The first-order chi connectivity index (χ1) is 9.03. The van der Waals surface area contributed by atoms with Gasteiger partial charge in [0, 0.05) is 12.8 Å². The van der Waals surface area contributed by atoms with Gasteiger partial charge in [0.05, 0.1) is 6.42 Å². The van der Waals surface area contributed by atoms with Crippen molar-refractivity contribution in [2.45, 2.75) is 44.7 Å². The topological polar surface area (TPSA) is 51.0 Å². The van der Waals surface area contributed by atoms with Crippen LogP contribution in [0.3, 0.4) is 0 Å². The zero-order valence-electron chi connectivity index (χ0n) is 10.7. The summed E-state index contributed by atoms with van der Waals surface area (Å²) in [5, 5.41) is 6.87. The van der Waals surface area contributed by atoms with E-state index in [0.717, 1.165) is 32.4 Å². The van der Waals surface area contributed by atoms with Gasteiger partial charge in [-0.05, 0) is 38.3 Å². The number of hydrogen-bond donors (Lipinski definition) is 1. The number of piperidine rings is 1. The number of halogens is 3. The summed E-state index contributed by atoms with van der Waals surface area (Å²) in [7, 11) is 0. The number of aryl methyl sites for hydroxylation is 2. The van der Waals surface area contributed by atoms with E-state index in [0.29, 0.717) is 18.2 Å². The van der Waals surface area contributed by atoms with Gasteiger partial charge in [0.25, 0.3) is 0 Å². The molecule has 0 amide bonds. The Kier molecular flexibility index (Phi) is 4.79. The predicted molar refractivity (Wildman–Crippen MR) is 62.6 cm³/mol. The standard InChI is InChI=1S/C12H18F3N3O/c13-12(14,15)6-3-10-17-11(19-18-10)2-1-9-4-7-16-8-5-9/h9,16H,1-8H2. The molecule has 1 aromatic rings. The van der Waals surface area contributed by atoms with Gasteiger partial charge >= 0.3 is 6.18 Å². The van der Waals surface area contributed by atoms with Crippen molar-refractivity contribution in [1.82, 2.24) is 15.5 Å². The van der Waals surface area contributed by atoms with Gasteiger partial charge in [0.2, 0.25) is 5.89 Å². The highest BCUT2D eigenvalue weighted by Gasteiger charge is 2.27. The van der Waals surface area contributed by atoms with E-state index < -0.39 is 12.6 Å². The van der Waals surface area contributed by atoms with Crippen molar-refractivity contribution < 1.29 is 17.7 Å². The molecule has 0 spiro atoms. The Balaban J connectivity index is 1.74. The average Bonchev–Trinajstić information content (AvgIpc) is 2.82. The highest BCUT2D eigenvalue weighted by molar-refractivity contribution is 4.88. The van der Waals surface area contributed by atoms with Gasteiger partial charge < -0.3 is 9.84 Å². The molecule has 0 saturated carbocycles. The summed E-state index contributed by atoms with van der Waals surface area (Å²) in [6, 6.07) is 0. The third-order valence-electron chi connectivity index (χ3n) is 3.37. The summed E-state index contributed by atoms with van der Waals surface area (Å²) < 4.78 is 41.1. The second-order valence-electron chi connectivity index (χ2n) is 4.95. The lowest BCUT2D eigenvalue weighted by atomic mass is 9.93. The number of aromatic nitrogens is 2. The van der Waals surface area contributed by atoms with E-state index in [9.17, 15) is 13.2 Å². The van der Waals surface area contributed by atoms with Crippen LogP contribution in [-0.4, -0.2) is 29.4 Å². The molecule has 0 aromatic carbocycles. The van der Waals surface area contributed by atoms with Crippen LogP contribution in [0.4, 0.5) is 13.2 Å². The maximum atomic E-state index is 12.0. The molecule has 2 rings (SSSR count). The number of alkyl halides is 3. The SMILES string of the molecule is FC(F)(F)CCc1noc(CCC2CCNCC2)n1. The van der Waals surface area contributed by atoms with Crippen LogP contribution in [0.25, 0.3) is 0 Å². The zero-order chi connectivity index (χ0) is 13.7. The predicted octanol–water partition coefficient (Wildman–Crippen LogP) is 2.50. The van der Waals surface area contributed by atoms with Crippen LogP contribution in [0.2, 0.25) is 0 Å². The van der Waals surface area contributed by atoms with Crippen molar-refractivity contribution in [3.05, 3.63) is 11.7 Å². The average molecular weight is 277 g/mol. The molecule has 0 radical (unpaired) electrons. The summed E-state index contributed by atoms with van der Waals surface area (Å²) in [6.07, 6.45) is -1.40. The van der Waals surface area contributed by atoms with E-state index in [1.165, 1.54) is 0 Å². The number of nitrogens with one attached hydrogen (secondary N) is 1. The molecule has 1 fully saturated rings. The van der Waals surface area contributed by atoms with Gasteiger partial charge in [-0.25, -0.2) is 0 Å². The quantitative estimate of drug-likeness (QED) is 0.898. The maximum absolute atomic E-state index is 12.0. The monoisotopic (exact) mass is 277 g/mol. The fourth-order valence-corrected chi connectivity index (χ4v) is 2.24. The molecule has 0 bridgehead atoms. The first-order valence-electron chi connectivity index (χ1n) is 6.62. The summed E-state index contributed by atoms with van der Waals surface area (Å²) in [5.74, 6) is 1.25. The van der Waals surface area contributed by atoms with Crippen molar-refractivity contribution in [3.8, 4) is 0 Å². The largest absolute Gasteiger partial charge is 0.389 e. The summed E-state index contributed by atoms with van der Waals surface area (Å²) in [5.41, 5.74) is 0. The molecular formula is C12H18F3N3O. The summed E-state index contributed by atoms with van der Waals surface area (Å²) in [6.45, 7) is 2.07. The van der Waals surface area contributed by atoms with Crippen molar-refractivity contribution in [2.24, 2.45) is 5.92 Å². The van der Waals surface area contributed by atoms with Gasteiger partial charge in [-0.15, -0.1) is 0 Å². The molecule has 1 N–H and O–H groups in total. The van der Waals surface area contributed by atoms with Crippen molar-refractivity contribution in [2.75, 3.05) is 13.1 Å². The van der Waals surface area contributed by atoms with E-state index in [-0.39, 0.29) is 12.2 Å². The van der Waals surface area contributed by atoms with Crippen molar-refractivity contribution in [3.63, 3.8) is 0 Å². The Hall–Kier alpha value is -1.11. The molecule has 1 aromatic heterocycles. The first kappa shape index (κ1) is 14.3. The minimum absolute atomic E-state index is 0.151. The maximum Gasteiger partial charge on any atom is 0.389 e. The number of hydrogen-bond acceptors (Lipinski definition) is 4. The van der Waals surface area contributed by atoms with Gasteiger partial charge in [-0.1, -0.05) is 5.16 Å². The Bertz CT molecular complexity index is 386. The smallest absolute Gasteiger partial charge is 0.339 e. The molecule has 1 saturated heterocycles. The summed E-state index contributed by atoms with van der Waals surface area (Å²) in [4.78, 5) is 4.00. The highest BCUT2D eigenvalue weighted by Crippen LogP contribution is 2.22. The lowest BCUT2D eigenvalue weighted by Gasteiger charge is -2.21. The fourth-order valence-electron chi connectivity index (χ4n) is 2.24. The van der Waals surface area contributed by atoms with E-state index in [2.05, 4.69) is 15.5 Å². The van der Waals surface area contributed by atoms with Gasteiger partial charge in [0.1, 0.15) is 0 Å². The molecule has 19 heavy (non-hydrogen) atoms. The van der Waals surface area contributed by atoms with Gasteiger partial charge in [0.15, 0.2) is 5.82 Å². The van der Waals surface area contributed by atoms with Crippen molar-refractivity contribution >= 4 is 0 Å². The van der Waals surface area contributed by atoms with Gasteiger partial charge in [-0.2, -0.15) is 18.2 Å².